The number of rotatable bonds is 2. The van der Waals surface area contributed by atoms with E-state index in [4.69, 9.17) is 5.73 Å². The predicted octanol–water partition coefficient (Wildman–Crippen LogP) is 3.85. The van der Waals surface area contributed by atoms with Gasteiger partial charge in [-0.1, -0.05) is 28.1 Å². The van der Waals surface area contributed by atoms with Crippen LogP contribution in [0.3, 0.4) is 0 Å². The highest BCUT2D eigenvalue weighted by Gasteiger charge is 2.06. The Morgan fingerprint density at radius 2 is 2.21 bits per heavy atom. The van der Waals surface area contributed by atoms with Gasteiger partial charge in [0.25, 0.3) is 0 Å². The summed E-state index contributed by atoms with van der Waals surface area (Å²) in [5, 5.41) is 1.24. The van der Waals surface area contributed by atoms with Crippen LogP contribution in [-0.2, 0) is 0 Å². The van der Waals surface area contributed by atoms with Gasteiger partial charge < -0.3 is 5.73 Å². The first-order chi connectivity index (χ1) is 6.70. The van der Waals surface area contributed by atoms with Crippen LogP contribution in [0.2, 0.25) is 0 Å². The summed E-state index contributed by atoms with van der Waals surface area (Å²) in [6.07, 6.45) is 1.76. The molecular weight excluding hydrogens is 258 g/mol. The number of halogens is 1. The number of thiophene rings is 1. The van der Waals surface area contributed by atoms with E-state index < -0.39 is 0 Å². The second kappa shape index (κ2) is 3.85. The van der Waals surface area contributed by atoms with Gasteiger partial charge in [0.1, 0.15) is 0 Å². The summed E-state index contributed by atoms with van der Waals surface area (Å²) >= 11 is 5.17. The van der Waals surface area contributed by atoms with E-state index in [-0.39, 0.29) is 6.04 Å². The van der Waals surface area contributed by atoms with Crippen molar-refractivity contribution < 1.29 is 0 Å². The van der Waals surface area contributed by atoms with Crippen molar-refractivity contribution in [2.75, 3.05) is 0 Å². The Kier molecular flexibility index (Phi) is 2.72. The highest BCUT2D eigenvalue weighted by Crippen LogP contribution is 2.31. The molecule has 1 atom stereocenters. The molecule has 3 heteroatoms. The predicted molar refractivity (Wildman–Crippen MR) is 66.7 cm³/mol. The SMILES string of the molecule is C=C[C@H](N)c1cc2ccc(Br)cc2s1. The Bertz CT molecular complexity index is 475. The fraction of sp³-hybridized carbons (Fsp3) is 0.0909. The first-order valence-electron chi connectivity index (χ1n) is 4.28. The molecule has 0 saturated carbocycles. The molecule has 1 heterocycles. The molecule has 72 valence electrons. The van der Waals surface area contributed by atoms with E-state index in [9.17, 15) is 0 Å². The van der Waals surface area contributed by atoms with Gasteiger partial charge in [-0.2, -0.15) is 0 Å². The van der Waals surface area contributed by atoms with Crippen molar-refractivity contribution in [3.8, 4) is 0 Å². The van der Waals surface area contributed by atoms with E-state index in [1.807, 2.05) is 6.07 Å². The summed E-state index contributed by atoms with van der Waals surface area (Å²) in [5.41, 5.74) is 5.88. The molecule has 1 aromatic heterocycles. The fourth-order valence-electron chi connectivity index (χ4n) is 1.31. The third-order valence-corrected chi connectivity index (χ3v) is 3.78. The molecular formula is C11H10BrNS. The van der Waals surface area contributed by atoms with Gasteiger partial charge in [0, 0.05) is 14.0 Å². The Morgan fingerprint density at radius 1 is 1.43 bits per heavy atom. The highest BCUT2D eigenvalue weighted by atomic mass is 79.9. The maximum absolute atomic E-state index is 5.88. The van der Waals surface area contributed by atoms with Crippen LogP contribution in [-0.4, -0.2) is 0 Å². The van der Waals surface area contributed by atoms with Gasteiger partial charge in [0.2, 0.25) is 0 Å². The number of benzene rings is 1. The van der Waals surface area contributed by atoms with E-state index in [2.05, 4.69) is 40.7 Å². The van der Waals surface area contributed by atoms with Crippen LogP contribution in [0.1, 0.15) is 10.9 Å². The first-order valence-corrected chi connectivity index (χ1v) is 5.89. The van der Waals surface area contributed by atoms with Crippen LogP contribution < -0.4 is 5.73 Å². The number of nitrogens with two attached hydrogens (primary N) is 1. The van der Waals surface area contributed by atoms with Gasteiger partial charge in [-0.15, -0.1) is 17.9 Å². The number of fused-ring (bicyclic) bond motifs is 1. The maximum atomic E-state index is 5.88. The van der Waals surface area contributed by atoms with Crippen molar-refractivity contribution in [2.45, 2.75) is 6.04 Å². The average Bonchev–Trinajstić information content (AvgIpc) is 2.59. The monoisotopic (exact) mass is 267 g/mol. The first kappa shape index (κ1) is 9.90. The zero-order valence-corrected chi connectivity index (χ0v) is 9.94. The standard InChI is InChI=1S/C11H10BrNS/c1-2-9(13)11-5-7-3-4-8(12)6-10(7)14-11/h2-6,9H,1,13H2/t9-/m0/s1. The van der Waals surface area contributed by atoms with Gasteiger partial charge in [0.05, 0.1) is 6.04 Å². The Hall–Kier alpha value is -0.640. The lowest BCUT2D eigenvalue weighted by atomic mass is 10.2. The molecule has 0 radical (unpaired) electrons. The summed E-state index contributed by atoms with van der Waals surface area (Å²) in [5.74, 6) is 0. The molecule has 0 fully saturated rings. The van der Waals surface area contributed by atoms with E-state index in [0.717, 1.165) is 9.35 Å². The Balaban J connectivity index is 2.56. The second-order valence-electron chi connectivity index (χ2n) is 3.09. The van der Waals surface area contributed by atoms with Gasteiger partial charge in [-0.3, -0.25) is 0 Å². The van der Waals surface area contributed by atoms with Gasteiger partial charge in [-0.25, -0.2) is 0 Å². The molecule has 2 rings (SSSR count). The number of hydrogen-bond donors (Lipinski definition) is 1. The van der Waals surface area contributed by atoms with Crippen LogP contribution in [0.5, 0.6) is 0 Å². The molecule has 0 bridgehead atoms. The van der Waals surface area contributed by atoms with Crippen LogP contribution in [0.25, 0.3) is 10.1 Å². The van der Waals surface area contributed by atoms with E-state index in [0.29, 0.717) is 0 Å². The van der Waals surface area contributed by atoms with Gasteiger partial charge in [-0.05, 0) is 23.6 Å². The summed E-state index contributed by atoms with van der Waals surface area (Å²) in [6.45, 7) is 3.70. The molecule has 2 aromatic rings. The zero-order chi connectivity index (χ0) is 10.1. The Morgan fingerprint density at radius 3 is 2.93 bits per heavy atom. The summed E-state index contributed by atoms with van der Waals surface area (Å²) in [4.78, 5) is 1.16. The van der Waals surface area contributed by atoms with Crippen LogP contribution in [0, 0.1) is 0 Å². The maximum Gasteiger partial charge on any atom is 0.0573 e. The van der Waals surface area contributed by atoms with Crippen molar-refractivity contribution in [1.82, 2.24) is 0 Å². The average molecular weight is 268 g/mol. The minimum Gasteiger partial charge on any atom is -0.320 e. The van der Waals surface area contributed by atoms with Crippen molar-refractivity contribution in [1.29, 1.82) is 0 Å². The molecule has 0 aliphatic heterocycles. The van der Waals surface area contributed by atoms with Gasteiger partial charge >= 0.3 is 0 Å². The minimum absolute atomic E-state index is 0.0498. The van der Waals surface area contributed by atoms with E-state index in [1.165, 1.54) is 10.1 Å². The molecule has 1 nitrogen and oxygen atoms in total. The molecule has 0 aliphatic rings. The van der Waals surface area contributed by atoms with Crippen LogP contribution in [0.15, 0.2) is 41.4 Å². The van der Waals surface area contributed by atoms with Crippen molar-refractivity contribution in [2.24, 2.45) is 5.73 Å². The topological polar surface area (TPSA) is 26.0 Å². The molecule has 0 saturated heterocycles. The largest absolute Gasteiger partial charge is 0.320 e. The third-order valence-electron chi connectivity index (χ3n) is 2.08. The smallest absolute Gasteiger partial charge is 0.0573 e. The fourth-order valence-corrected chi connectivity index (χ4v) is 2.92. The summed E-state index contributed by atoms with van der Waals surface area (Å²) in [6, 6.07) is 8.32. The van der Waals surface area contributed by atoms with Crippen LogP contribution in [0.4, 0.5) is 0 Å². The van der Waals surface area contributed by atoms with Gasteiger partial charge in [0.15, 0.2) is 0 Å². The molecule has 0 aliphatic carbocycles. The van der Waals surface area contributed by atoms with Crippen LogP contribution >= 0.6 is 27.3 Å². The van der Waals surface area contributed by atoms with Crippen molar-refractivity contribution in [3.63, 3.8) is 0 Å². The lowest BCUT2D eigenvalue weighted by Crippen LogP contribution is -2.03. The van der Waals surface area contributed by atoms with E-state index >= 15 is 0 Å². The quantitative estimate of drug-likeness (QED) is 0.822. The minimum atomic E-state index is -0.0498. The lowest BCUT2D eigenvalue weighted by Gasteiger charge is -1.99. The Labute approximate surface area is 95.4 Å². The molecule has 0 spiro atoms. The summed E-state index contributed by atoms with van der Waals surface area (Å²) < 4.78 is 2.36. The molecule has 0 unspecified atom stereocenters. The second-order valence-corrected chi connectivity index (χ2v) is 5.12. The van der Waals surface area contributed by atoms with E-state index in [1.54, 1.807) is 17.4 Å². The molecule has 1 aromatic carbocycles. The van der Waals surface area contributed by atoms with Crippen molar-refractivity contribution >= 4 is 37.4 Å². The third kappa shape index (κ3) is 1.75. The molecule has 14 heavy (non-hydrogen) atoms. The summed E-state index contributed by atoms with van der Waals surface area (Å²) in [7, 11) is 0. The molecule has 2 N–H and O–H groups in total. The highest BCUT2D eigenvalue weighted by molar-refractivity contribution is 9.10. The normalized spacial score (nSPS) is 13.0. The zero-order valence-electron chi connectivity index (χ0n) is 7.53. The molecule has 0 amide bonds. The lowest BCUT2D eigenvalue weighted by molar-refractivity contribution is 0.941. The number of hydrogen-bond acceptors (Lipinski definition) is 2. The van der Waals surface area contributed by atoms with Crippen molar-refractivity contribution in [3.05, 3.63) is 46.3 Å².